The Labute approximate surface area is 188 Å². The lowest BCUT2D eigenvalue weighted by Crippen LogP contribution is -2.63. The summed E-state index contributed by atoms with van der Waals surface area (Å²) in [4.78, 5) is 47.7. The fourth-order valence-corrected chi connectivity index (χ4v) is 3.74. The summed E-state index contributed by atoms with van der Waals surface area (Å²) in [6.07, 6.45) is -5.77. The van der Waals surface area contributed by atoms with Gasteiger partial charge in [-0.15, -0.1) is 0 Å². The van der Waals surface area contributed by atoms with E-state index in [1.165, 1.54) is 6.92 Å². The van der Waals surface area contributed by atoms with E-state index < -0.39 is 54.4 Å². The molecule has 0 radical (unpaired) electrons. The zero-order valence-corrected chi connectivity index (χ0v) is 19.2. The van der Waals surface area contributed by atoms with Gasteiger partial charge in [-0.05, 0) is 11.1 Å². The molecule has 0 aromatic heterocycles. The third-order valence-corrected chi connectivity index (χ3v) is 5.24. The van der Waals surface area contributed by atoms with Crippen molar-refractivity contribution >= 4 is 39.8 Å². The molecule has 0 N–H and O–H groups in total. The van der Waals surface area contributed by atoms with Gasteiger partial charge in [-0.2, -0.15) is 0 Å². The van der Waals surface area contributed by atoms with Crippen LogP contribution >= 0.6 is 15.9 Å². The maximum atomic E-state index is 12.4. The van der Waals surface area contributed by atoms with E-state index in [0.717, 1.165) is 32.1 Å². The molecule has 9 nitrogen and oxygen atoms in total. The van der Waals surface area contributed by atoms with E-state index in [9.17, 15) is 19.2 Å². The van der Waals surface area contributed by atoms with E-state index in [2.05, 4.69) is 15.9 Å². The molecular weight excluding hydrogens is 476 g/mol. The second-order valence-electron chi connectivity index (χ2n) is 6.99. The SMILES string of the molecule is COC(=O)C1O[C@@H](Cc2ccc(CBr)cc2)C(OC(C)=O)[C@@H](OC(C)=O)[C@@H]1OC(C)=O. The summed E-state index contributed by atoms with van der Waals surface area (Å²) in [5.41, 5.74) is 1.90. The predicted octanol–water partition coefficient (Wildman–Crippen LogP) is 1.86. The Morgan fingerprint density at radius 2 is 1.32 bits per heavy atom. The number of esters is 4. The minimum Gasteiger partial charge on any atom is -0.467 e. The Hall–Kier alpha value is -2.46. The van der Waals surface area contributed by atoms with E-state index in [-0.39, 0.29) is 6.42 Å². The van der Waals surface area contributed by atoms with Crippen LogP contribution in [0.4, 0.5) is 0 Å². The highest BCUT2D eigenvalue weighted by Gasteiger charge is 2.54. The molecule has 5 atom stereocenters. The average molecular weight is 501 g/mol. The van der Waals surface area contributed by atoms with E-state index in [1.54, 1.807) is 0 Å². The monoisotopic (exact) mass is 500 g/mol. The molecule has 170 valence electrons. The van der Waals surface area contributed by atoms with E-state index in [4.69, 9.17) is 23.7 Å². The number of benzene rings is 1. The van der Waals surface area contributed by atoms with Crippen LogP contribution in [-0.4, -0.2) is 61.5 Å². The second kappa shape index (κ2) is 11.2. The third kappa shape index (κ3) is 6.76. The quantitative estimate of drug-likeness (QED) is 0.314. The molecule has 1 aliphatic rings. The molecule has 1 saturated heterocycles. The number of methoxy groups -OCH3 is 1. The number of rotatable bonds is 7. The summed E-state index contributed by atoms with van der Waals surface area (Å²) in [5, 5.41) is 0.687. The fraction of sp³-hybridized carbons (Fsp3) is 0.524. The normalized spacial score (nSPS) is 25.3. The Morgan fingerprint density at radius 1 is 0.839 bits per heavy atom. The second-order valence-corrected chi connectivity index (χ2v) is 7.56. The molecule has 1 heterocycles. The number of hydrogen-bond donors (Lipinski definition) is 0. The van der Waals surface area contributed by atoms with Gasteiger partial charge < -0.3 is 23.7 Å². The molecule has 0 bridgehead atoms. The van der Waals surface area contributed by atoms with Crippen molar-refractivity contribution < 1.29 is 42.9 Å². The van der Waals surface area contributed by atoms with Crippen LogP contribution in [-0.2, 0) is 54.6 Å². The number of alkyl halides is 1. The number of halogens is 1. The molecule has 2 unspecified atom stereocenters. The van der Waals surface area contributed by atoms with Crippen LogP contribution in [0.2, 0.25) is 0 Å². The first kappa shape index (κ1) is 24.8. The molecule has 0 amide bonds. The maximum Gasteiger partial charge on any atom is 0.339 e. The Balaban J connectivity index is 2.46. The minimum absolute atomic E-state index is 0.235. The summed E-state index contributed by atoms with van der Waals surface area (Å²) in [6, 6.07) is 7.57. The van der Waals surface area contributed by atoms with Crippen molar-refractivity contribution in [1.29, 1.82) is 0 Å². The lowest BCUT2D eigenvalue weighted by atomic mass is 9.90. The van der Waals surface area contributed by atoms with Crippen molar-refractivity contribution in [2.75, 3.05) is 7.11 Å². The smallest absolute Gasteiger partial charge is 0.339 e. The van der Waals surface area contributed by atoms with Gasteiger partial charge in [0.1, 0.15) is 6.10 Å². The number of ether oxygens (including phenoxy) is 5. The highest BCUT2D eigenvalue weighted by Crippen LogP contribution is 2.31. The lowest BCUT2D eigenvalue weighted by Gasteiger charge is -2.43. The fourth-order valence-electron chi connectivity index (χ4n) is 3.36. The minimum atomic E-state index is -1.38. The van der Waals surface area contributed by atoms with Crippen LogP contribution in [0.15, 0.2) is 24.3 Å². The van der Waals surface area contributed by atoms with Crippen LogP contribution in [0.25, 0.3) is 0 Å². The Bertz CT molecular complexity index is 808. The van der Waals surface area contributed by atoms with Gasteiger partial charge >= 0.3 is 23.9 Å². The topological polar surface area (TPSA) is 114 Å². The van der Waals surface area contributed by atoms with Gasteiger partial charge in [0, 0.05) is 32.5 Å². The third-order valence-electron chi connectivity index (χ3n) is 4.59. The van der Waals surface area contributed by atoms with Crippen molar-refractivity contribution in [1.82, 2.24) is 0 Å². The van der Waals surface area contributed by atoms with Gasteiger partial charge in [-0.3, -0.25) is 14.4 Å². The molecule has 0 saturated carbocycles. The van der Waals surface area contributed by atoms with Crippen molar-refractivity contribution in [3.63, 3.8) is 0 Å². The summed E-state index contributed by atoms with van der Waals surface area (Å²) >= 11 is 3.38. The van der Waals surface area contributed by atoms with Crippen molar-refractivity contribution in [2.45, 2.75) is 63.0 Å². The van der Waals surface area contributed by atoms with Gasteiger partial charge in [-0.25, -0.2) is 4.79 Å². The summed E-state index contributed by atoms with van der Waals surface area (Å²) in [5.74, 6) is -2.90. The van der Waals surface area contributed by atoms with E-state index >= 15 is 0 Å². The molecule has 0 aliphatic carbocycles. The summed E-state index contributed by atoms with van der Waals surface area (Å²) in [7, 11) is 1.16. The molecule has 10 heteroatoms. The van der Waals surface area contributed by atoms with Crippen molar-refractivity contribution in [3.05, 3.63) is 35.4 Å². The van der Waals surface area contributed by atoms with Gasteiger partial charge in [0.2, 0.25) is 0 Å². The molecule has 0 spiro atoms. The van der Waals surface area contributed by atoms with Crippen LogP contribution < -0.4 is 0 Å². The van der Waals surface area contributed by atoms with E-state index in [0.29, 0.717) is 5.33 Å². The van der Waals surface area contributed by atoms with Crippen LogP contribution in [0, 0.1) is 0 Å². The van der Waals surface area contributed by atoms with Gasteiger partial charge in [0.05, 0.1) is 7.11 Å². The molecule has 2 rings (SSSR count). The van der Waals surface area contributed by atoms with Gasteiger partial charge in [0.25, 0.3) is 0 Å². The van der Waals surface area contributed by atoms with Crippen molar-refractivity contribution in [3.8, 4) is 0 Å². The summed E-state index contributed by atoms with van der Waals surface area (Å²) < 4.78 is 26.7. The molecule has 1 aromatic carbocycles. The van der Waals surface area contributed by atoms with Crippen LogP contribution in [0.3, 0.4) is 0 Å². The van der Waals surface area contributed by atoms with Crippen molar-refractivity contribution in [2.24, 2.45) is 0 Å². The number of hydrogen-bond acceptors (Lipinski definition) is 9. The van der Waals surface area contributed by atoms with Crippen LogP contribution in [0.1, 0.15) is 31.9 Å². The van der Waals surface area contributed by atoms with Gasteiger partial charge in [-0.1, -0.05) is 40.2 Å². The number of carbonyl (C=O) groups excluding carboxylic acids is 4. The molecule has 1 fully saturated rings. The van der Waals surface area contributed by atoms with E-state index in [1.807, 2.05) is 24.3 Å². The highest BCUT2D eigenvalue weighted by atomic mass is 79.9. The average Bonchev–Trinajstić information content (AvgIpc) is 2.71. The van der Waals surface area contributed by atoms with Crippen LogP contribution in [0.5, 0.6) is 0 Å². The highest BCUT2D eigenvalue weighted by molar-refractivity contribution is 9.08. The standard InChI is InChI=1S/C21H25BrO9/c1-11(23)28-17-16(9-14-5-7-15(10-22)8-6-14)31-20(21(26)27-4)19(30-13(3)25)18(17)29-12(2)24/h5-8,16-20H,9-10H2,1-4H3/t16-,17?,18+,19-,20?/m0/s1. The first-order valence-corrected chi connectivity index (χ1v) is 10.7. The zero-order chi connectivity index (χ0) is 23.1. The Kier molecular flexibility index (Phi) is 9.00. The maximum absolute atomic E-state index is 12.4. The predicted molar refractivity (Wildman–Crippen MR) is 110 cm³/mol. The first-order chi connectivity index (χ1) is 14.7. The number of carbonyl (C=O) groups is 4. The lowest BCUT2D eigenvalue weighted by molar-refractivity contribution is -0.248. The zero-order valence-electron chi connectivity index (χ0n) is 17.7. The molecule has 31 heavy (non-hydrogen) atoms. The molecule has 1 aliphatic heterocycles. The Morgan fingerprint density at radius 3 is 1.81 bits per heavy atom. The van der Waals surface area contributed by atoms with Gasteiger partial charge in [0.15, 0.2) is 24.4 Å². The largest absolute Gasteiger partial charge is 0.467 e. The molecule has 1 aromatic rings. The molecular formula is C21H25BrO9. The summed E-state index contributed by atoms with van der Waals surface area (Å²) in [6.45, 7) is 3.49. The first-order valence-electron chi connectivity index (χ1n) is 9.55.